The molecule has 6 heteroatoms. The van der Waals surface area contributed by atoms with E-state index in [0.717, 1.165) is 6.42 Å². The molecule has 72 valence electrons. The largest absolute Gasteiger partial charge is 0.264 e. The van der Waals surface area contributed by atoms with Gasteiger partial charge in [0.25, 0.3) is 0 Å². The molecule has 12 heavy (non-hydrogen) atoms. The first-order valence-corrected chi connectivity index (χ1v) is 4.54. The van der Waals surface area contributed by atoms with Crippen LogP contribution in [0.25, 0.3) is 0 Å². The molecule has 0 aromatic carbocycles. The summed E-state index contributed by atoms with van der Waals surface area (Å²) >= 11 is 10.9. The maximum atomic E-state index is 10.4. The van der Waals surface area contributed by atoms with Crippen LogP contribution in [0.4, 0.5) is 0 Å². The summed E-state index contributed by atoms with van der Waals surface area (Å²) in [5.41, 5.74) is 0. The van der Waals surface area contributed by atoms with Crippen LogP contribution in [0.5, 0.6) is 0 Å². The third-order valence-corrected chi connectivity index (χ3v) is 2.22. The van der Waals surface area contributed by atoms with Gasteiger partial charge in [0.05, 0.1) is 6.54 Å². The highest BCUT2D eigenvalue weighted by molar-refractivity contribution is 6.20. The van der Waals surface area contributed by atoms with Crippen molar-refractivity contribution in [2.45, 2.75) is 31.2 Å². The zero-order valence-electron chi connectivity index (χ0n) is 6.80. The normalized spacial score (nSPS) is 15.6. The molecule has 0 fully saturated rings. The summed E-state index contributed by atoms with van der Waals surface area (Å²) in [6.07, 6.45) is 1.08. The Balaban J connectivity index is 3.86. The summed E-state index contributed by atoms with van der Waals surface area (Å²) < 4.78 is 0. The number of nitrogens with one attached hydrogen (secondary N) is 1. The first-order valence-electron chi connectivity index (χ1n) is 3.72. The van der Waals surface area contributed by atoms with Gasteiger partial charge in [-0.05, 0) is 18.2 Å². The highest BCUT2D eigenvalue weighted by atomic mass is 35.5. The summed E-state index contributed by atoms with van der Waals surface area (Å²) in [5.74, 6) is 0. The van der Waals surface area contributed by atoms with Crippen molar-refractivity contribution >= 4 is 23.4 Å². The molecule has 0 amide bonds. The van der Waals surface area contributed by atoms with Crippen LogP contribution in [0.1, 0.15) is 19.8 Å². The molecular weight excluding hydrogens is 203 g/mol. The molecule has 0 radical (unpaired) electrons. The Bertz CT molecular complexity index is 146. The Kier molecular flexibility index (Phi) is 6.42. The minimum atomic E-state index is -0.690. The third kappa shape index (κ3) is 4.74. The van der Waals surface area contributed by atoms with E-state index in [1.54, 1.807) is 0 Å². The molecule has 0 aromatic heterocycles. The Morgan fingerprint density at radius 1 is 1.67 bits per heavy atom. The standard InChI is InChI=1S/C6H12Cl2N2O2/c1-2-5(7)3-6(4-9-8)10(11)12/h5-6,9H,2-4H2,1H3. The van der Waals surface area contributed by atoms with Crippen LogP contribution in [-0.4, -0.2) is 22.9 Å². The van der Waals surface area contributed by atoms with Gasteiger partial charge in [-0.25, -0.2) is 4.84 Å². The molecule has 0 aliphatic carbocycles. The van der Waals surface area contributed by atoms with Gasteiger partial charge in [-0.3, -0.25) is 10.1 Å². The Hall–Kier alpha value is -0.0600. The van der Waals surface area contributed by atoms with Crippen molar-refractivity contribution < 1.29 is 4.92 Å². The van der Waals surface area contributed by atoms with Crippen molar-refractivity contribution in [2.75, 3.05) is 6.54 Å². The number of nitro groups is 1. The second-order valence-corrected chi connectivity index (χ2v) is 3.40. The molecule has 4 nitrogen and oxygen atoms in total. The lowest BCUT2D eigenvalue weighted by Gasteiger charge is -2.10. The molecule has 0 aliphatic heterocycles. The molecule has 2 unspecified atom stereocenters. The van der Waals surface area contributed by atoms with Gasteiger partial charge in [0.2, 0.25) is 6.04 Å². The number of hydrogen-bond donors (Lipinski definition) is 1. The second-order valence-electron chi connectivity index (χ2n) is 2.52. The summed E-state index contributed by atoms with van der Waals surface area (Å²) in [6, 6.07) is -0.690. The molecule has 0 rings (SSSR count). The van der Waals surface area contributed by atoms with Crippen molar-refractivity contribution in [1.82, 2.24) is 4.84 Å². The summed E-state index contributed by atoms with van der Waals surface area (Å²) in [4.78, 5) is 12.3. The number of rotatable bonds is 6. The van der Waals surface area contributed by atoms with E-state index in [2.05, 4.69) is 4.84 Å². The summed E-state index contributed by atoms with van der Waals surface area (Å²) in [5, 5.41) is 10.2. The van der Waals surface area contributed by atoms with Crippen molar-refractivity contribution in [3.63, 3.8) is 0 Å². The van der Waals surface area contributed by atoms with Crippen LogP contribution < -0.4 is 4.84 Å². The molecule has 0 aromatic rings. The lowest BCUT2D eigenvalue weighted by Crippen LogP contribution is -2.31. The zero-order valence-corrected chi connectivity index (χ0v) is 8.31. The van der Waals surface area contributed by atoms with E-state index in [-0.39, 0.29) is 16.8 Å². The monoisotopic (exact) mass is 214 g/mol. The van der Waals surface area contributed by atoms with E-state index in [0.29, 0.717) is 6.42 Å². The zero-order chi connectivity index (χ0) is 9.56. The lowest BCUT2D eigenvalue weighted by atomic mass is 10.1. The van der Waals surface area contributed by atoms with Gasteiger partial charge in [0.1, 0.15) is 0 Å². The smallest absolute Gasteiger partial charge is 0.228 e. The van der Waals surface area contributed by atoms with Gasteiger partial charge in [0, 0.05) is 16.7 Å². The van der Waals surface area contributed by atoms with Gasteiger partial charge < -0.3 is 0 Å². The molecule has 0 saturated heterocycles. The molecular formula is C6H12Cl2N2O2. The Morgan fingerprint density at radius 3 is 2.58 bits per heavy atom. The van der Waals surface area contributed by atoms with E-state index in [1.807, 2.05) is 6.92 Å². The number of hydrogen-bond acceptors (Lipinski definition) is 3. The first-order chi connectivity index (χ1) is 5.61. The third-order valence-electron chi connectivity index (χ3n) is 1.58. The van der Waals surface area contributed by atoms with Crippen molar-refractivity contribution in [3.05, 3.63) is 10.1 Å². The van der Waals surface area contributed by atoms with Crippen LogP contribution in [0, 0.1) is 10.1 Å². The van der Waals surface area contributed by atoms with Crippen LogP contribution in [0.3, 0.4) is 0 Å². The van der Waals surface area contributed by atoms with Crippen LogP contribution in [0.2, 0.25) is 0 Å². The highest BCUT2D eigenvalue weighted by Gasteiger charge is 2.22. The molecule has 0 spiro atoms. The van der Waals surface area contributed by atoms with Crippen LogP contribution in [0.15, 0.2) is 0 Å². The van der Waals surface area contributed by atoms with E-state index in [9.17, 15) is 10.1 Å². The Labute approximate surface area is 81.5 Å². The maximum absolute atomic E-state index is 10.4. The topological polar surface area (TPSA) is 55.2 Å². The van der Waals surface area contributed by atoms with E-state index >= 15 is 0 Å². The van der Waals surface area contributed by atoms with Crippen molar-refractivity contribution in [3.8, 4) is 0 Å². The van der Waals surface area contributed by atoms with Gasteiger partial charge in [-0.15, -0.1) is 11.6 Å². The van der Waals surface area contributed by atoms with Crippen LogP contribution >= 0.6 is 23.4 Å². The molecule has 2 atom stereocenters. The van der Waals surface area contributed by atoms with E-state index < -0.39 is 6.04 Å². The molecule has 1 N–H and O–H groups in total. The average molecular weight is 215 g/mol. The number of nitrogens with zero attached hydrogens (tertiary/aromatic N) is 1. The SMILES string of the molecule is CCC(Cl)CC(CNCl)[N+](=O)[O-]. The maximum Gasteiger partial charge on any atom is 0.228 e. The van der Waals surface area contributed by atoms with Crippen LogP contribution in [-0.2, 0) is 0 Å². The summed E-state index contributed by atoms with van der Waals surface area (Å²) in [7, 11) is 0. The summed E-state index contributed by atoms with van der Waals surface area (Å²) in [6.45, 7) is 2.04. The van der Waals surface area contributed by atoms with E-state index in [4.69, 9.17) is 23.4 Å². The lowest BCUT2D eigenvalue weighted by molar-refractivity contribution is -0.520. The minimum Gasteiger partial charge on any atom is -0.264 e. The van der Waals surface area contributed by atoms with E-state index in [1.165, 1.54) is 0 Å². The number of halogens is 2. The molecule has 0 saturated carbocycles. The highest BCUT2D eigenvalue weighted by Crippen LogP contribution is 2.11. The predicted octanol–water partition coefficient (Wildman–Crippen LogP) is 1.78. The predicted molar refractivity (Wildman–Crippen MR) is 49.2 cm³/mol. The Morgan fingerprint density at radius 2 is 2.25 bits per heavy atom. The second kappa shape index (κ2) is 6.46. The van der Waals surface area contributed by atoms with Gasteiger partial charge >= 0.3 is 0 Å². The minimum absolute atomic E-state index is 0.148. The molecule has 0 heterocycles. The molecule has 0 bridgehead atoms. The van der Waals surface area contributed by atoms with Crippen molar-refractivity contribution in [2.24, 2.45) is 0 Å². The van der Waals surface area contributed by atoms with Gasteiger partial charge in [0.15, 0.2) is 0 Å². The van der Waals surface area contributed by atoms with Crippen molar-refractivity contribution in [1.29, 1.82) is 0 Å². The van der Waals surface area contributed by atoms with Gasteiger partial charge in [-0.2, -0.15) is 0 Å². The first kappa shape index (κ1) is 11.9. The fourth-order valence-corrected chi connectivity index (χ4v) is 1.18. The fraction of sp³-hybridized carbons (Fsp3) is 1.00. The fourth-order valence-electron chi connectivity index (χ4n) is 0.795. The molecule has 0 aliphatic rings. The number of alkyl halides is 1. The quantitative estimate of drug-likeness (QED) is 0.318. The average Bonchev–Trinajstić information content (AvgIpc) is 2.03. The van der Waals surface area contributed by atoms with Gasteiger partial charge in [-0.1, -0.05) is 6.92 Å².